The topological polar surface area (TPSA) is 105 Å². The molecule has 0 aromatic heterocycles. The summed E-state index contributed by atoms with van der Waals surface area (Å²) < 4.78 is 0. The van der Waals surface area contributed by atoms with Crippen molar-refractivity contribution in [3.8, 4) is 0 Å². The molecule has 26 heavy (non-hydrogen) atoms. The average molecular weight is 362 g/mol. The standard InChI is InChI=1S/C19H30N4O3/c1-2-14(21-15-11-7-6-10-13(15)20)16-17(24)22-19(26)23(18(16)25)12-8-4-3-5-9-12/h12-13,15-16H,2-11,20H2,1H3,(H,22,24,26)/t13-,15+,16?/m1/s1. The van der Waals surface area contributed by atoms with Gasteiger partial charge in [0.2, 0.25) is 11.8 Å². The van der Waals surface area contributed by atoms with Crippen molar-refractivity contribution in [2.75, 3.05) is 0 Å². The molecule has 7 nitrogen and oxygen atoms in total. The van der Waals surface area contributed by atoms with Gasteiger partial charge in [-0.15, -0.1) is 0 Å². The molecule has 1 saturated heterocycles. The lowest BCUT2D eigenvalue weighted by Gasteiger charge is -2.38. The van der Waals surface area contributed by atoms with Crippen molar-refractivity contribution >= 4 is 23.6 Å². The molecule has 1 unspecified atom stereocenters. The number of urea groups is 1. The molecule has 3 aliphatic rings. The molecule has 3 atom stereocenters. The molecule has 4 amide bonds. The Labute approximate surface area is 154 Å². The number of nitrogens with zero attached hydrogens (tertiary/aromatic N) is 2. The molecule has 0 aromatic rings. The predicted octanol–water partition coefficient (Wildman–Crippen LogP) is 2.13. The highest BCUT2D eigenvalue weighted by molar-refractivity contribution is 6.27. The maximum Gasteiger partial charge on any atom is 0.331 e. The van der Waals surface area contributed by atoms with Crippen LogP contribution in [-0.2, 0) is 9.59 Å². The SMILES string of the molecule is CCC(=N[C@H]1CCCC[C@H]1N)C1C(=O)NC(=O)N(C2CCCCC2)C1=O. The first-order valence-electron chi connectivity index (χ1n) is 10.0. The fraction of sp³-hybridized carbons (Fsp3) is 0.789. The number of hydrogen-bond acceptors (Lipinski definition) is 5. The highest BCUT2D eigenvalue weighted by Gasteiger charge is 2.45. The summed E-state index contributed by atoms with van der Waals surface area (Å²) in [7, 11) is 0. The zero-order valence-corrected chi connectivity index (χ0v) is 15.6. The second kappa shape index (κ2) is 8.29. The van der Waals surface area contributed by atoms with Crippen LogP contribution in [0.2, 0.25) is 0 Å². The van der Waals surface area contributed by atoms with E-state index in [1.165, 1.54) is 4.90 Å². The van der Waals surface area contributed by atoms with Crippen LogP contribution < -0.4 is 11.1 Å². The van der Waals surface area contributed by atoms with E-state index < -0.39 is 23.8 Å². The minimum Gasteiger partial charge on any atom is -0.326 e. The van der Waals surface area contributed by atoms with Crippen LogP contribution in [0.4, 0.5) is 4.79 Å². The van der Waals surface area contributed by atoms with Crippen LogP contribution in [0.1, 0.15) is 71.1 Å². The molecule has 3 rings (SSSR count). The third-order valence-corrected chi connectivity index (χ3v) is 5.94. The van der Waals surface area contributed by atoms with E-state index in [0.717, 1.165) is 57.8 Å². The van der Waals surface area contributed by atoms with Crippen molar-refractivity contribution in [2.24, 2.45) is 16.6 Å². The van der Waals surface area contributed by atoms with Gasteiger partial charge in [0, 0.05) is 17.8 Å². The molecular formula is C19H30N4O3. The Morgan fingerprint density at radius 2 is 1.73 bits per heavy atom. The fourth-order valence-electron chi connectivity index (χ4n) is 4.45. The monoisotopic (exact) mass is 362 g/mol. The summed E-state index contributed by atoms with van der Waals surface area (Å²) in [6.45, 7) is 1.90. The lowest BCUT2D eigenvalue weighted by molar-refractivity contribution is -0.141. The van der Waals surface area contributed by atoms with Crippen molar-refractivity contribution in [1.29, 1.82) is 0 Å². The Morgan fingerprint density at radius 1 is 1.08 bits per heavy atom. The largest absolute Gasteiger partial charge is 0.331 e. The molecule has 1 aliphatic heterocycles. The van der Waals surface area contributed by atoms with E-state index in [1.807, 2.05) is 6.92 Å². The van der Waals surface area contributed by atoms with E-state index in [2.05, 4.69) is 5.32 Å². The number of nitrogens with two attached hydrogens (primary N) is 1. The van der Waals surface area contributed by atoms with Crippen LogP contribution in [0.5, 0.6) is 0 Å². The number of rotatable bonds is 4. The third-order valence-electron chi connectivity index (χ3n) is 5.94. The highest BCUT2D eigenvalue weighted by Crippen LogP contribution is 2.27. The molecule has 2 aliphatic carbocycles. The summed E-state index contributed by atoms with van der Waals surface area (Å²) in [4.78, 5) is 43.9. The van der Waals surface area contributed by atoms with Crippen molar-refractivity contribution < 1.29 is 14.4 Å². The van der Waals surface area contributed by atoms with Gasteiger partial charge in [0.05, 0.1) is 6.04 Å². The predicted molar refractivity (Wildman–Crippen MR) is 98.7 cm³/mol. The minimum absolute atomic E-state index is 0.0249. The Morgan fingerprint density at radius 3 is 2.38 bits per heavy atom. The number of nitrogens with one attached hydrogen (secondary N) is 1. The number of carbonyl (C=O) groups is 3. The number of carbonyl (C=O) groups excluding carboxylic acids is 3. The van der Waals surface area contributed by atoms with Crippen molar-refractivity contribution in [1.82, 2.24) is 10.2 Å². The number of amides is 4. The summed E-state index contributed by atoms with van der Waals surface area (Å²) in [6, 6.07) is -0.752. The van der Waals surface area contributed by atoms with Gasteiger partial charge in [0.25, 0.3) is 0 Å². The summed E-state index contributed by atoms with van der Waals surface area (Å²) in [5.74, 6) is -1.94. The summed E-state index contributed by atoms with van der Waals surface area (Å²) in [5.41, 5.74) is 6.75. The summed E-state index contributed by atoms with van der Waals surface area (Å²) in [5, 5.41) is 2.39. The van der Waals surface area contributed by atoms with Gasteiger partial charge in [-0.2, -0.15) is 0 Å². The lowest BCUT2D eigenvalue weighted by atomic mass is 9.89. The lowest BCUT2D eigenvalue weighted by Crippen LogP contribution is -2.62. The fourth-order valence-corrected chi connectivity index (χ4v) is 4.45. The molecule has 7 heteroatoms. The zero-order chi connectivity index (χ0) is 18.7. The molecule has 2 saturated carbocycles. The van der Waals surface area contributed by atoms with Gasteiger partial charge >= 0.3 is 6.03 Å². The normalized spacial score (nSPS) is 31.9. The van der Waals surface area contributed by atoms with Crippen molar-refractivity contribution in [2.45, 2.75) is 89.3 Å². The van der Waals surface area contributed by atoms with Crippen LogP contribution in [0, 0.1) is 5.92 Å². The van der Waals surface area contributed by atoms with Gasteiger partial charge in [-0.05, 0) is 32.1 Å². The third kappa shape index (κ3) is 3.82. The molecule has 144 valence electrons. The first-order valence-corrected chi connectivity index (χ1v) is 10.0. The van der Waals surface area contributed by atoms with E-state index in [4.69, 9.17) is 10.7 Å². The van der Waals surface area contributed by atoms with Crippen molar-refractivity contribution in [3.05, 3.63) is 0 Å². The summed E-state index contributed by atoms with van der Waals surface area (Å²) in [6.07, 6.45) is 9.23. The second-order valence-electron chi connectivity index (χ2n) is 7.72. The maximum atomic E-state index is 13.1. The first kappa shape index (κ1) is 19.0. The Hall–Kier alpha value is -1.76. The molecule has 0 spiro atoms. The number of barbiturate groups is 1. The smallest absolute Gasteiger partial charge is 0.326 e. The minimum atomic E-state index is -0.992. The highest BCUT2D eigenvalue weighted by atomic mass is 16.2. The van der Waals surface area contributed by atoms with E-state index in [0.29, 0.717) is 12.1 Å². The number of imide groups is 2. The Balaban J connectivity index is 1.84. The molecule has 0 radical (unpaired) electrons. The van der Waals surface area contributed by atoms with E-state index >= 15 is 0 Å². The van der Waals surface area contributed by atoms with Gasteiger partial charge in [-0.1, -0.05) is 39.0 Å². The molecule has 0 aromatic carbocycles. The average Bonchev–Trinajstić information content (AvgIpc) is 2.63. The summed E-state index contributed by atoms with van der Waals surface area (Å²) >= 11 is 0. The quantitative estimate of drug-likeness (QED) is 0.590. The first-order chi connectivity index (χ1) is 12.5. The molecular weight excluding hydrogens is 332 g/mol. The van der Waals surface area contributed by atoms with Crippen LogP contribution in [0.15, 0.2) is 4.99 Å². The van der Waals surface area contributed by atoms with E-state index in [9.17, 15) is 14.4 Å². The van der Waals surface area contributed by atoms with E-state index in [1.54, 1.807) is 0 Å². The maximum absolute atomic E-state index is 13.1. The van der Waals surface area contributed by atoms with Crippen LogP contribution in [-0.4, -0.2) is 46.6 Å². The van der Waals surface area contributed by atoms with Gasteiger partial charge in [0.1, 0.15) is 0 Å². The Bertz CT molecular complexity index is 598. The van der Waals surface area contributed by atoms with Gasteiger partial charge in [-0.3, -0.25) is 24.8 Å². The second-order valence-corrected chi connectivity index (χ2v) is 7.72. The van der Waals surface area contributed by atoms with Crippen LogP contribution >= 0.6 is 0 Å². The van der Waals surface area contributed by atoms with Crippen LogP contribution in [0.25, 0.3) is 0 Å². The number of hydrogen-bond donors (Lipinski definition) is 2. The molecule has 1 heterocycles. The zero-order valence-electron chi connectivity index (χ0n) is 15.6. The van der Waals surface area contributed by atoms with Crippen molar-refractivity contribution in [3.63, 3.8) is 0 Å². The number of aliphatic imine (C=N–C) groups is 1. The molecule has 3 fully saturated rings. The van der Waals surface area contributed by atoms with E-state index in [-0.39, 0.29) is 18.1 Å². The van der Waals surface area contributed by atoms with Crippen LogP contribution in [0.3, 0.4) is 0 Å². The molecule has 0 bridgehead atoms. The van der Waals surface area contributed by atoms with Gasteiger partial charge < -0.3 is 5.73 Å². The van der Waals surface area contributed by atoms with Gasteiger partial charge in [0.15, 0.2) is 5.92 Å². The molecule has 3 N–H and O–H groups in total. The van der Waals surface area contributed by atoms with Gasteiger partial charge in [-0.25, -0.2) is 4.79 Å². The Kier molecular flexibility index (Phi) is 6.06.